The first kappa shape index (κ1) is 13.6. The Morgan fingerprint density at radius 2 is 2.11 bits per heavy atom. The second-order valence-corrected chi connectivity index (χ2v) is 5.23. The van der Waals surface area contributed by atoms with Crippen LogP contribution in [0.2, 0.25) is 0 Å². The zero-order valence-corrected chi connectivity index (χ0v) is 11.6. The molecule has 0 bridgehead atoms. The Hall–Kier alpha value is -0.860. The van der Waals surface area contributed by atoms with Gasteiger partial charge in [-0.15, -0.1) is 0 Å². The Bertz CT molecular complexity index is 323. The van der Waals surface area contributed by atoms with Crippen molar-refractivity contribution in [2.24, 2.45) is 0 Å². The van der Waals surface area contributed by atoms with Gasteiger partial charge in [-0.05, 0) is 50.9 Å². The average molecular weight is 246 g/mol. The van der Waals surface area contributed by atoms with Gasteiger partial charge >= 0.3 is 0 Å². The standard InChI is InChI=1S/C16H26N2/c1-2-18-13-7-11-16(18)10-6-12-17-14-15-8-4-3-5-9-15/h3-5,8-9,16-17H,2,6-7,10-14H2,1H3. The summed E-state index contributed by atoms with van der Waals surface area (Å²) >= 11 is 0. The maximum absolute atomic E-state index is 3.54. The van der Waals surface area contributed by atoms with Gasteiger partial charge in [0.2, 0.25) is 0 Å². The number of hydrogen-bond acceptors (Lipinski definition) is 2. The molecule has 0 aromatic heterocycles. The first-order valence-corrected chi connectivity index (χ1v) is 7.39. The van der Waals surface area contributed by atoms with Crippen molar-refractivity contribution < 1.29 is 0 Å². The maximum Gasteiger partial charge on any atom is 0.0205 e. The van der Waals surface area contributed by atoms with Gasteiger partial charge in [-0.25, -0.2) is 0 Å². The van der Waals surface area contributed by atoms with Crippen molar-refractivity contribution in [1.82, 2.24) is 10.2 Å². The van der Waals surface area contributed by atoms with E-state index in [0.717, 1.165) is 19.1 Å². The first-order chi connectivity index (χ1) is 8.90. The lowest BCUT2D eigenvalue weighted by atomic mass is 10.1. The van der Waals surface area contributed by atoms with Crippen LogP contribution in [0.25, 0.3) is 0 Å². The number of benzene rings is 1. The zero-order chi connectivity index (χ0) is 12.6. The highest BCUT2D eigenvalue weighted by atomic mass is 15.2. The summed E-state index contributed by atoms with van der Waals surface area (Å²) in [4.78, 5) is 2.64. The normalized spacial score (nSPS) is 20.4. The molecule has 0 spiro atoms. The van der Waals surface area contributed by atoms with Crippen molar-refractivity contribution in [1.29, 1.82) is 0 Å². The van der Waals surface area contributed by atoms with Crippen LogP contribution in [0.15, 0.2) is 30.3 Å². The molecule has 1 N–H and O–H groups in total. The molecule has 1 atom stereocenters. The molecule has 1 heterocycles. The van der Waals surface area contributed by atoms with Crippen molar-refractivity contribution in [3.8, 4) is 0 Å². The van der Waals surface area contributed by atoms with E-state index in [0.29, 0.717) is 0 Å². The van der Waals surface area contributed by atoms with Crippen LogP contribution in [0, 0.1) is 0 Å². The van der Waals surface area contributed by atoms with E-state index in [1.165, 1.54) is 44.3 Å². The highest BCUT2D eigenvalue weighted by Crippen LogP contribution is 2.20. The molecule has 0 saturated carbocycles. The molecule has 1 aliphatic rings. The maximum atomic E-state index is 3.54. The van der Waals surface area contributed by atoms with Gasteiger partial charge in [0.05, 0.1) is 0 Å². The fourth-order valence-electron chi connectivity index (χ4n) is 2.93. The van der Waals surface area contributed by atoms with Gasteiger partial charge in [0.25, 0.3) is 0 Å². The summed E-state index contributed by atoms with van der Waals surface area (Å²) in [5, 5.41) is 3.54. The van der Waals surface area contributed by atoms with E-state index < -0.39 is 0 Å². The quantitative estimate of drug-likeness (QED) is 0.744. The van der Waals surface area contributed by atoms with E-state index >= 15 is 0 Å². The van der Waals surface area contributed by atoms with Crippen LogP contribution >= 0.6 is 0 Å². The van der Waals surface area contributed by atoms with Crippen molar-refractivity contribution in [2.45, 2.75) is 45.2 Å². The van der Waals surface area contributed by atoms with Crippen LogP contribution in [-0.4, -0.2) is 30.6 Å². The third-order valence-electron chi connectivity index (χ3n) is 3.97. The van der Waals surface area contributed by atoms with Crippen LogP contribution in [0.3, 0.4) is 0 Å². The monoisotopic (exact) mass is 246 g/mol. The average Bonchev–Trinajstić information content (AvgIpc) is 2.87. The highest BCUT2D eigenvalue weighted by Gasteiger charge is 2.21. The van der Waals surface area contributed by atoms with E-state index in [-0.39, 0.29) is 0 Å². The lowest BCUT2D eigenvalue weighted by Gasteiger charge is -2.22. The molecule has 1 aromatic rings. The Kier molecular flexibility index (Phi) is 5.69. The minimum absolute atomic E-state index is 0.855. The molecule has 1 aliphatic heterocycles. The van der Waals surface area contributed by atoms with Gasteiger partial charge in [0.1, 0.15) is 0 Å². The molecule has 2 nitrogen and oxygen atoms in total. The van der Waals surface area contributed by atoms with Gasteiger partial charge in [0.15, 0.2) is 0 Å². The molecule has 1 saturated heterocycles. The lowest BCUT2D eigenvalue weighted by Crippen LogP contribution is -2.29. The number of hydrogen-bond donors (Lipinski definition) is 1. The summed E-state index contributed by atoms with van der Waals surface area (Å²) in [6.45, 7) is 6.97. The van der Waals surface area contributed by atoms with Crippen LogP contribution in [0.1, 0.15) is 38.2 Å². The van der Waals surface area contributed by atoms with Crippen LogP contribution in [0.5, 0.6) is 0 Å². The largest absolute Gasteiger partial charge is 0.313 e. The van der Waals surface area contributed by atoms with Crippen LogP contribution in [-0.2, 0) is 6.54 Å². The molecule has 2 heteroatoms. The zero-order valence-electron chi connectivity index (χ0n) is 11.6. The Labute approximate surface area is 111 Å². The third-order valence-corrected chi connectivity index (χ3v) is 3.97. The number of nitrogens with zero attached hydrogens (tertiary/aromatic N) is 1. The van der Waals surface area contributed by atoms with Gasteiger partial charge in [-0.2, -0.15) is 0 Å². The molecule has 2 rings (SSSR count). The second kappa shape index (κ2) is 7.55. The van der Waals surface area contributed by atoms with E-state index in [1.54, 1.807) is 0 Å². The summed E-state index contributed by atoms with van der Waals surface area (Å²) in [7, 11) is 0. The van der Waals surface area contributed by atoms with Crippen molar-refractivity contribution in [2.75, 3.05) is 19.6 Å². The van der Waals surface area contributed by atoms with Crippen molar-refractivity contribution in [3.63, 3.8) is 0 Å². The summed E-state index contributed by atoms with van der Waals surface area (Å²) < 4.78 is 0. The van der Waals surface area contributed by atoms with Gasteiger partial charge in [0, 0.05) is 12.6 Å². The van der Waals surface area contributed by atoms with E-state index in [1.807, 2.05) is 0 Å². The Balaban J connectivity index is 1.56. The van der Waals surface area contributed by atoms with Gasteiger partial charge < -0.3 is 10.2 Å². The Morgan fingerprint density at radius 1 is 1.28 bits per heavy atom. The minimum atomic E-state index is 0.855. The molecular formula is C16H26N2. The van der Waals surface area contributed by atoms with Crippen LogP contribution < -0.4 is 5.32 Å². The lowest BCUT2D eigenvalue weighted by molar-refractivity contribution is 0.251. The second-order valence-electron chi connectivity index (χ2n) is 5.23. The molecule has 0 radical (unpaired) electrons. The number of rotatable bonds is 7. The smallest absolute Gasteiger partial charge is 0.0205 e. The molecular weight excluding hydrogens is 220 g/mol. The highest BCUT2D eigenvalue weighted by molar-refractivity contribution is 5.14. The molecule has 1 unspecified atom stereocenters. The fraction of sp³-hybridized carbons (Fsp3) is 0.625. The van der Waals surface area contributed by atoms with Crippen molar-refractivity contribution in [3.05, 3.63) is 35.9 Å². The van der Waals surface area contributed by atoms with Gasteiger partial charge in [-0.3, -0.25) is 0 Å². The van der Waals surface area contributed by atoms with E-state index in [2.05, 4.69) is 47.5 Å². The van der Waals surface area contributed by atoms with E-state index in [9.17, 15) is 0 Å². The SMILES string of the molecule is CCN1CCCC1CCCNCc1ccccc1. The molecule has 0 amide bonds. The molecule has 100 valence electrons. The Morgan fingerprint density at radius 3 is 2.89 bits per heavy atom. The van der Waals surface area contributed by atoms with Crippen LogP contribution in [0.4, 0.5) is 0 Å². The predicted octanol–water partition coefficient (Wildman–Crippen LogP) is 3.04. The molecule has 1 aromatic carbocycles. The van der Waals surface area contributed by atoms with E-state index in [4.69, 9.17) is 0 Å². The third kappa shape index (κ3) is 4.11. The van der Waals surface area contributed by atoms with Gasteiger partial charge in [-0.1, -0.05) is 37.3 Å². The summed E-state index contributed by atoms with van der Waals surface area (Å²) in [5.41, 5.74) is 1.38. The summed E-state index contributed by atoms with van der Waals surface area (Å²) in [6.07, 6.45) is 5.46. The topological polar surface area (TPSA) is 15.3 Å². The minimum Gasteiger partial charge on any atom is -0.313 e. The molecule has 18 heavy (non-hydrogen) atoms. The fourth-order valence-corrected chi connectivity index (χ4v) is 2.93. The van der Waals surface area contributed by atoms with Crippen molar-refractivity contribution >= 4 is 0 Å². The summed E-state index contributed by atoms with van der Waals surface area (Å²) in [6, 6.07) is 11.5. The predicted molar refractivity (Wildman–Crippen MR) is 77.7 cm³/mol. The number of nitrogens with one attached hydrogen (secondary N) is 1. The first-order valence-electron chi connectivity index (χ1n) is 7.39. The summed E-state index contributed by atoms with van der Waals surface area (Å²) in [5.74, 6) is 0. The molecule has 0 aliphatic carbocycles. The number of likely N-dealkylation sites (tertiary alicyclic amines) is 1. The molecule has 1 fully saturated rings.